The summed E-state index contributed by atoms with van der Waals surface area (Å²) in [6.45, 7) is 0.332. The average Bonchev–Trinajstić information content (AvgIpc) is 2.95. The van der Waals surface area contributed by atoms with E-state index in [1.807, 2.05) is 24.3 Å². The van der Waals surface area contributed by atoms with E-state index in [2.05, 4.69) is 5.32 Å². The molecular weight excluding hydrogens is 285 g/mol. The lowest BCUT2D eigenvalue weighted by Crippen LogP contribution is -2.34. The second-order valence-corrected chi connectivity index (χ2v) is 5.11. The predicted octanol–water partition coefficient (Wildman–Crippen LogP) is 2.57. The van der Waals surface area contributed by atoms with Gasteiger partial charge in [-0.3, -0.25) is 4.79 Å². The Morgan fingerprint density at radius 2 is 2.18 bits per heavy atom. The Morgan fingerprint density at radius 1 is 1.36 bits per heavy atom. The van der Waals surface area contributed by atoms with Gasteiger partial charge in [-0.1, -0.05) is 18.2 Å². The van der Waals surface area contributed by atoms with E-state index >= 15 is 0 Å². The Bertz CT molecular complexity index is 677. The van der Waals surface area contributed by atoms with Gasteiger partial charge in [-0.25, -0.2) is 4.39 Å². The van der Waals surface area contributed by atoms with Crippen molar-refractivity contribution in [3.05, 3.63) is 59.4 Å². The van der Waals surface area contributed by atoms with Gasteiger partial charge < -0.3 is 14.8 Å². The number of ether oxygens (including phenoxy) is 2. The summed E-state index contributed by atoms with van der Waals surface area (Å²) in [4.78, 5) is 12.0. The molecule has 1 heterocycles. The maximum Gasteiger partial charge on any atom is 0.254 e. The first-order valence-electron chi connectivity index (χ1n) is 7.03. The molecule has 3 rings (SSSR count). The predicted molar refractivity (Wildman–Crippen MR) is 79.8 cm³/mol. The van der Waals surface area contributed by atoms with Gasteiger partial charge in [0.05, 0.1) is 19.2 Å². The number of carbonyl (C=O) groups is 1. The third kappa shape index (κ3) is 2.88. The Hall–Kier alpha value is -2.56. The summed E-state index contributed by atoms with van der Waals surface area (Å²) in [6, 6.07) is 11.9. The van der Waals surface area contributed by atoms with Gasteiger partial charge in [0.15, 0.2) is 0 Å². The normalized spacial score (nSPS) is 15.8. The fourth-order valence-electron chi connectivity index (χ4n) is 2.48. The molecule has 0 saturated carbocycles. The van der Waals surface area contributed by atoms with Crippen LogP contribution in [0.4, 0.5) is 4.39 Å². The highest BCUT2D eigenvalue weighted by atomic mass is 19.1. The van der Waals surface area contributed by atoms with Crippen LogP contribution in [-0.4, -0.2) is 25.7 Å². The number of nitrogens with one attached hydrogen (secondary N) is 1. The number of hydrogen-bond donors (Lipinski definition) is 1. The molecule has 2 aromatic rings. The smallest absolute Gasteiger partial charge is 0.254 e. The minimum atomic E-state index is -0.604. The molecule has 1 atom stereocenters. The summed E-state index contributed by atoms with van der Waals surface area (Å²) in [5.74, 6) is 0.160. The van der Waals surface area contributed by atoms with Crippen molar-refractivity contribution in [3.8, 4) is 11.5 Å². The second-order valence-electron chi connectivity index (χ2n) is 5.11. The first kappa shape index (κ1) is 14.4. The summed E-state index contributed by atoms with van der Waals surface area (Å²) in [5, 5.41) is 2.71. The van der Waals surface area contributed by atoms with Crippen molar-refractivity contribution < 1.29 is 18.7 Å². The maximum atomic E-state index is 13.8. The summed E-state index contributed by atoms with van der Waals surface area (Å²) in [5.41, 5.74) is 1.12. The molecule has 4 nitrogen and oxygen atoms in total. The SMILES string of the molecule is COc1ccc(C(=O)NCC2Cc3ccccc3O2)c(F)c1. The molecule has 114 valence electrons. The molecule has 0 bridgehead atoms. The lowest BCUT2D eigenvalue weighted by molar-refractivity contribution is 0.0929. The highest BCUT2D eigenvalue weighted by Gasteiger charge is 2.23. The topological polar surface area (TPSA) is 47.6 Å². The molecule has 0 aromatic heterocycles. The molecule has 2 aromatic carbocycles. The minimum Gasteiger partial charge on any atom is -0.497 e. The van der Waals surface area contributed by atoms with Gasteiger partial charge in [-0.15, -0.1) is 0 Å². The number of methoxy groups -OCH3 is 1. The molecule has 1 aliphatic heterocycles. The van der Waals surface area contributed by atoms with Crippen LogP contribution in [0.1, 0.15) is 15.9 Å². The van der Waals surface area contributed by atoms with Crippen LogP contribution in [-0.2, 0) is 6.42 Å². The quantitative estimate of drug-likeness (QED) is 0.944. The van der Waals surface area contributed by atoms with Crippen molar-refractivity contribution in [2.45, 2.75) is 12.5 Å². The van der Waals surface area contributed by atoms with E-state index in [0.717, 1.165) is 17.7 Å². The fraction of sp³-hybridized carbons (Fsp3) is 0.235. The van der Waals surface area contributed by atoms with Gasteiger partial charge in [0.25, 0.3) is 5.91 Å². The molecule has 1 amide bonds. The van der Waals surface area contributed by atoms with Gasteiger partial charge >= 0.3 is 0 Å². The van der Waals surface area contributed by atoms with Crippen LogP contribution in [0.3, 0.4) is 0 Å². The van der Waals surface area contributed by atoms with E-state index in [0.29, 0.717) is 12.3 Å². The van der Waals surface area contributed by atoms with E-state index in [4.69, 9.17) is 9.47 Å². The standard InChI is InChI=1S/C17H16FNO3/c1-21-12-6-7-14(15(18)9-12)17(20)19-10-13-8-11-4-2-3-5-16(11)22-13/h2-7,9,13H,8,10H2,1H3,(H,19,20). The summed E-state index contributed by atoms with van der Waals surface area (Å²) in [7, 11) is 1.45. The molecule has 0 aliphatic carbocycles. The number of rotatable bonds is 4. The molecule has 1 N–H and O–H groups in total. The third-order valence-corrected chi connectivity index (χ3v) is 3.62. The van der Waals surface area contributed by atoms with Crippen molar-refractivity contribution in [1.29, 1.82) is 0 Å². The average molecular weight is 301 g/mol. The molecule has 5 heteroatoms. The molecule has 0 radical (unpaired) electrons. The Kier molecular flexibility index (Phi) is 3.96. The zero-order chi connectivity index (χ0) is 15.5. The van der Waals surface area contributed by atoms with E-state index in [9.17, 15) is 9.18 Å². The van der Waals surface area contributed by atoms with E-state index in [1.165, 1.54) is 19.2 Å². The molecule has 0 saturated heterocycles. The van der Waals surface area contributed by atoms with Crippen LogP contribution in [0, 0.1) is 5.82 Å². The van der Waals surface area contributed by atoms with Crippen molar-refractivity contribution in [1.82, 2.24) is 5.32 Å². The Labute approximate surface area is 127 Å². The van der Waals surface area contributed by atoms with Crippen molar-refractivity contribution in [2.75, 3.05) is 13.7 Å². The molecule has 22 heavy (non-hydrogen) atoms. The lowest BCUT2D eigenvalue weighted by Gasteiger charge is -2.12. The molecular formula is C17H16FNO3. The molecule has 1 unspecified atom stereocenters. The largest absolute Gasteiger partial charge is 0.497 e. The number of para-hydroxylation sites is 1. The number of benzene rings is 2. The van der Waals surface area contributed by atoms with Crippen molar-refractivity contribution in [2.24, 2.45) is 0 Å². The van der Waals surface area contributed by atoms with Gasteiger partial charge in [-0.2, -0.15) is 0 Å². The highest BCUT2D eigenvalue weighted by molar-refractivity contribution is 5.94. The first-order valence-corrected chi connectivity index (χ1v) is 7.03. The van der Waals surface area contributed by atoms with Gasteiger partial charge in [0, 0.05) is 12.5 Å². The van der Waals surface area contributed by atoms with Gasteiger partial charge in [0.1, 0.15) is 23.4 Å². The molecule has 0 spiro atoms. The third-order valence-electron chi connectivity index (χ3n) is 3.62. The van der Waals surface area contributed by atoms with Crippen LogP contribution in [0.25, 0.3) is 0 Å². The summed E-state index contributed by atoms with van der Waals surface area (Å²) in [6.07, 6.45) is 0.615. The highest BCUT2D eigenvalue weighted by Crippen LogP contribution is 2.27. The number of hydrogen-bond acceptors (Lipinski definition) is 3. The molecule has 1 aliphatic rings. The number of halogens is 1. The number of fused-ring (bicyclic) bond motifs is 1. The van der Waals surface area contributed by atoms with Gasteiger partial charge in [-0.05, 0) is 23.8 Å². The zero-order valence-corrected chi connectivity index (χ0v) is 12.1. The zero-order valence-electron chi connectivity index (χ0n) is 12.1. The number of carbonyl (C=O) groups excluding carboxylic acids is 1. The van der Waals surface area contributed by atoms with Crippen molar-refractivity contribution in [3.63, 3.8) is 0 Å². The first-order chi connectivity index (χ1) is 10.7. The van der Waals surface area contributed by atoms with Gasteiger partial charge in [0.2, 0.25) is 0 Å². The van der Waals surface area contributed by atoms with Crippen molar-refractivity contribution >= 4 is 5.91 Å². The fourth-order valence-corrected chi connectivity index (χ4v) is 2.48. The van der Waals surface area contributed by atoms with E-state index in [1.54, 1.807) is 6.07 Å². The maximum absolute atomic E-state index is 13.8. The van der Waals surface area contributed by atoms with E-state index in [-0.39, 0.29) is 11.7 Å². The second kappa shape index (κ2) is 6.05. The monoisotopic (exact) mass is 301 g/mol. The molecule has 0 fully saturated rings. The summed E-state index contributed by atoms with van der Waals surface area (Å²) >= 11 is 0. The Morgan fingerprint density at radius 3 is 2.91 bits per heavy atom. The van der Waals surface area contributed by atoms with Crippen LogP contribution >= 0.6 is 0 Å². The summed E-state index contributed by atoms with van der Waals surface area (Å²) < 4.78 is 24.5. The lowest BCUT2D eigenvalue weighted by atomic mass is 10.1. The number of amides is 1. The van der Waals surface area contributed by atoms with Crippen LogP contribution < -0.4 is 14.8 Å². The Balaban J connectivity index is 1.60. The minimum absolute atomic E-state index is 0.00342. The van der Waals surface area contributed by atoms with E-state index < -0.39 is 11.7 Å². The van der Waals surface area contributed by atoms with Crippen LogP contribution in [0.2, 0.25) is 0 Å². The van der Waals surface area contributed by atoms with Crippen LogP contribution in [0.5, 0.6) is 11.5 Å². The van der Waals surface area contributed by atoms with Crippen LogP contribution in [0.15, 0.2) is 42.5 Å².